The summed E-state index contributed by atoms with van der Waals surface area (Å²) in [6.45, 7) is 6.56. The number of piperidine rings is 1. The summed E-state index contributed by atoms with van der Waals surface area (Å²) in [5.74, 6) is 1.36. The predicted molar refractivity (Wildman–Crippen MR) is 82.7 cm³/mol. The highest BCUT2D eigenvalue weighted by atomic mass is 16.4. The van der Waals surface area contributed by atoms with Gasteiger partial charge in [-0.15, -0.1) is 10.2 Å². The highest BCUT2D eigenvalue weighted by molar-refractivity contribution is 5.90. The standard InChI is InChI=1S/C15H22N6O2/c1-9(2)15-20-19-13(23-15)8-21-5-3-4-10(7-21)11-6-12(14(16)22)18-17-11/h6,9-10H,3-5,7-8H2,1-2H3,(H2,16,22)(H,17,18)/t10-/m0/s1. The van der Waals surface area contributed by atoms with Crippen LogP contribution in [0.4, 0.5) is 0 Å². The van der Waals surface area contributed by atoms with Crippen LogP contribution in [0.5, 0.6) is 0 Å². The zero-order valence-corrected chi connectivity index (χ0v) is 13.5. The summed E-state index contributed by atoms with van der Waals surface area (Å²) in [5.41, 5.74) is 6.50. The molecule has 0 aliphatic carbocycles. The van der Waals surface area contributed by atoms with Gasteiger partial charge in [0, 0.05) is 24.1 Å². The molecule has 0 spiro atoms. The lowest BCUT2D eigenvalue weighted by Crippen LogP contribution is -2.34. The smallest absolute Gasteiger partial charge is 0.269 e. The third-order valence-electron chi connectivity index (χ3n) is 4.13. The number of carbonyl (C=O) groups excluding carboxylic acids is 1. The van der Waals surface area contributed by atoms with Crippen molar-refractivity contribution < 1.29 is 9.21 Å². The number of aromatic nitrogens is 4. The van der Waals surface area contributed by atoms with E-state index in [2.05, 4.69) is 25.3 Å². The monoisotopic (exact) mass is 318 g/mol. The molecule has 3 N–H and O–H groups in total. The minimum atomic E-state index is -0.507. The minimum absolute atomic E-state index is 0.238. The molecule has 1 atom stereocenters. The van der Waals surface area contributed by atoms with Gasteiger partial charge in [0.15, 0.2) is 0 Å². The Balaban J connectivity index is 1.64. The molecule has 0 aromatic carbocycles. The van der Waals surface area contributed by atoms with Crippen molar-refractivity contribution in [2.45, 2.75) is 45.1 Å². The van der Waals surface area contributed by atoms with E-state index >= 15 is 0 Å². The minimum Gasteiger partial charge on any atom is -0.424 e. The SMILES string of the molecule is CC(C)c1nnc(CN2CCC[C@H](c3cc(C(N)=O)n[nH]3)C2)o1. The number of aromatic amines is 1. The molecule has 1 amide bonds. The van der Waals surface area contributed by atoms with Crippen molar-refractivity contribution in [3.05, 3.63) is 29.2 Å². The van der Waals surface area contributed by atoms with Crippen LogP contribution in [-0.2, 0) is 6.54 Å². The Kier molecular flexibility index (Phi) is 4.42. The number of primary amides is 1. The molecular weight excluding hydrogens is 296 g/mol. The molecule has 3 rings (SSSR count). The van der Waals surface area contributed by atoms with Crippen LogP contribution in [0.1, 0.15) is 66.5 Å². The van der Waals surface area contributed by atoms with Crippen LogP contribution in [0, 0.1) is 0 Å². The van der Waals surface area contributed by atoms with Gasteiger partial charge in [-0.3, -0.25) is 14.8 Å². The van der Waals surface area contributed by atoms with Crippen LogP contribution >= 0.6 is 0 Å². The van der Waals surface area contributed by atoms with Gasteiger partial charge in [0.1, 0.15) is 5.69 Å². The Morgan fingerprint density at radius 2 is 2.35 bits per heavy atom. The van der Waals surface area contributed by atoms with Gasteiger partial charge in [-0.05, 0) is 25.5 Å². The normalized spacial score (nSPS) is 19.3. The van der Waals surface area contributed by atoms with Gasteiger partial charge in [-0.25, -0.2) is 0 Å². The van der Waals surface area contributed by atoms with E-state index in [-0.39, 0.29) is 11.6 Å². The molecule has 0 unspecified atom stereocenters. The van der Waals surface area contributed by atoms with Crippen LogP contribution in [0.15, 0.2) is 10.5 Å². The molecule has 0 radical (unpaired) electrons. The first-order chi connectivity index (χ1) is 11.0. The van der Waals surface area contributed by atoms with Gasteiger partial charge in [0.05, 0.1) is 6.54 Å². The number of amides is 1. The Morgan fingerprint density at radius 1 is 1.52 bits per heavy atom. The molecule has 0 bridgehead atoms. The van der Waals surface area contributed by atoms with E-state index in [0.717, 1.165) is 31.6 Å². The Labute approximate surface area is 134 Å². The third-order valence-corrected chi connectivity index (χ3v) is 4.13. The fourth-order valence-corrected chi connectivity index (χ4v) is 2.88. The second-order valence-electron chi connectivity index (χ2n) is 6.34. The molecule has 1 aliphatic heterocycles. The maximum absolute atomic E-state index is 11.2. The van der Waals surface area contributed by atoms with Gasteiger partial charge >= 0.3 is 0 Å². The quantitative estimate of drug-likeness (QED) is 0.861. The molecule has 8 nitrogen and oxygen atoms in total. The van der Waals surface area contributed by atoms with E-state index in [9.17, 15) is 4.79 Å². The average molecular weight is 318 g/mol. The number of rotatable bonds is 5. The summed E-state index contributed by atoms with van der Waals surface area (Å²) in [4.78, 5) is 13.4. The number of nitrogens with two attached hydrogens (primary N) is 1. The van der Waals surface area contributed by atoms with Crippen molar-refractivity contribution in [3.63, 3.8) is 0 Å². The predicted octanol–water partition coefficient (Wildman–Crippen LogP) is 1.39. The lowest BCUT2D eigenvalue weighted by atomic mass is 9.94. The van der Waals surface area contributed by atoms with Gasteiger partial charge in [0.2, 0.25) is 11.8 Å². The topological polar surface area (TPSA) is 114 Å². The van der Waals surface area contributed by atoms with E-state index in [1.54, 1.807) is 6.07 Å². The molecule has 8 heteroatoms. The Bertz CT molecular complexity index is 677. The van der Waals surface area contributed by atoms with Crippen LogP contribution in [-0.4, -0.2) is 44.3 Å². The van der Waals surface area contributed by atoms with Gasteiger partial charge < -0.3 is 10.2 Å². The van der Waals surface area contributed by atoms with Crippen molar-refractivity contribution >= 4 is 5.91 Å². The Hall–Kier alpha value is -2.22. The van der Waals surface area contributed by atoms with Crippen molar-refractivity contribution in [1.29, 1.82) is 0 Å². The lowest BCUT2D eigenvalue weighted by molar-refractivity contribution is 0.0995. The molecule has 3 heterocycles. The summed E-state index contributed by atoms with van der Waals surface area (Å²) in [7, 11) is 0. The maximum atomic E-state index is 11.2. The van der Waals surface area contributed by atoms with E-state index in [1.807, 2.05) is 13.8 Å². The summed E-state index contributed by atoms with van der Waals surface area (Å²) in [6, 6.07) is 1.75. The van der Waals surface area contributed by atoms with Gasteiger partial charge in [0.25, 0.3) is 5.91 Å². The zero-order chi connectivity index (χ0) is 16.4. The maximum Gasteiger partial charge on any atom is 0.269 e. The summed E-state index contributed by atoms with van der Waals surface area (Å²) in [6.07, 6.45) is 2.12. The van der Waals surface area contributed by atoms with Gasteiger partial charge in [-0.2, -0.15) is 5.10 Å². The zero-order valence-electron chi connectivity index (χ0n) is 13.5. The van der Waals surface area contributed by atoms with Crippen molar-refractivity contribution in [3.8, 4) is 0 Å². The molecule has 1 aliphatic rings. The third kappa shape index (κ3) is 3.58. The second-order valence-corrected chi connectivity index (χ2v) is 6.34. The van der Waals surface area contributed by atoms with Crippen molar-refractivity contribution in [2.75, 3.05) is 13.1 Å². The molecule has 23 heavy (non-hydrogen) atoms. The highest BCUT2D eigenvalue weighted by Gasteiger charge is 2.25. The molecule has 124 valence electrons. The second kappa shape index (κ2) is 6.49. The molecule has 0 saturated carbocycles. The molecular formula is C15H22N6O2. The first-order valence-corrected chi connectivity index (χ1v) is 7.92. The first kappa shape index (κ1) is 15.7. The van der Waals surface area contributed by atoms with E-state index < -0.39 is 5.91 Å². The summed E-state index contributed by atoms with van der Waals surface area (Å²) < 4.78 is 5.68. The van der Waals surface area contributed by atoms with E-state index in [0.29, 0.717) is 24.2 Å². The molecule has 2 aromatic heterocycles. The van der Waals surface area contributed by atoms with Crippen LogP contribution in [0.3, 0.4) is 0 Å². The Morgan fingerprint density at radius 3 is 3.00 bits per heavy atom. The van der Waals surface area contributed by atoms with Crippen LogP contribution in [0.2, 0.25) is 0 Å². The molecule has 1 saturated heterocycles. The number of nitrogens with zero attached hydrogens (tertiary/aromatic N) is 4. The van der Waals surface area contributed by atoms with E-state index in [4.69, 9.17) is 10.2 Å². The van der Waals surface area contributed by atoms with Crippen molar-refractivity contribution in [2.24, 2.45) is 5.73 Å². The summed E-state index contributed by atoms with van der Waals surface area (Å²) >= 11 is 0. The fourth-order valence-electron chi connectivity index (χ4n) is 2.88. The lowest BCUT2D eigenvalue weighted by Gasteiger charge is -2.31. The largest absolute Gasteiger partial charge is 0.424 e. The number of hydrogen-bond acceptors (Lipinski definition) is 6. The number of nitrogens with one attached hydrogen (secondary N) is 1. The van der Waals surface area contributed by atoms with E-state index in [1.165, 1.54) is 0 Å². The number of H-pyrrole nitrogens is 1. The fraction of sp³-hybridized carbons (Fsp3) is 0.600. The number of likely N-dealkylation sites (tertiary alicyclic amines) is 1. The number of carbonyl (C=O) groups is 1. The molecule has 1 fully saturated rings. The van der Waals surface area contributed by atoms with Crippen molar-refractivity contribution in [1.82, 2.24) is 25.3 Å². The van der Waals surface area contributed by atoms with Crippen LogP contribution in [0.25, 0.3) is 0 Å². The highest BCUT2D eigenvalue weighted by Crippen LogP contribution is 2.27. The van der Waals surface area contributed by atoms with Crippen LogP contribution < -0.4 is 5.73 Å². The molecule has 2 aromatic rings. The summed E-state index contributed by atoms with van der Waals surface area (Å²) in [5, 5.41) is 15.1. The average Bonchev–Trinajstić information content (AvgIpc) is 3.16. The number of hydrogen-bond donors (Lipinski definition) is 2. The van der Waals surface area contributed by atoms with Gasteiger partial charge in [-0.1, -0.05) is 13.8 Å². The first-order valence-electron chi connectivity index (χ1n) is 7.92.